The molecule has 0 aliphatic heterocycles. The highest BCUT2D eigenvalue weighted by molar-refractivity contribution is 6.34. The van der Waals surface area contributed by atoms with E-state index in [2.05, 4.69) is 0 Å². The van der Waals surface area contributed by atoms with E-state index in [1.807, 2.05) is 0 Å². The summed E-state index contributed by atoms with van der Waals surface area (Å²) < 4.78 is 43.4. The van der Waals surface area contributed by atoms with Crippen LogP contribution in [0.5, 0.6) is 0 Å². The first-order chi connectivity index (χ1) is 8.29. The van der Waals surface area contributed by atoms with Gasteiger partial charge in [-0.15, -0.1) is 0 Å². The highest BCUT2D eigenvalue weighted by atomic mass is 35.5. The molecule has 0 spiro atoms. The Kier molecular flexibility index (Phi) is 3.04. The fourth-order valence-corrected chi connectivity index (χ4v) is 1.81. The Labute approximate surface area is 105 Å². The molecule has 2 aromatic rings. The molecule has 0 saturated heterocycles. The van der Waals surface area contributed by atoms with E-state index in [4.69, 9.17) is 21.8 Å². The van der Waals surface area contributed by atoms with Gasteiger partial charge in [-0.1, -0.05) is 23.7 Å². The number of alkyl halides is 3. The molecule has 1 heterocycles. The van der Waals surface area contributed by atoms with Crippen LogP contribution in [0.3, 0.4) is 0 Å². The first-order valence-corrected chi connectivity index (χ1v) is 5.35. The average molecular weight is 280 g/mol. The summed E-state index contributed by atoms with van der Waals surface area (Å²) in [5.41, 5.74) is 1.90. The van der Waals surface area contributed by atoms with Crippen LogP contribution in [-0.2, 0) is 5.60 Å². The topological polar surface area (TPSA) is 59.4 Å². The number of para-hydroxylation sites is 1. The maximum absolute atomic E-state index is 12.8. The quantitative estimate of drug-likeness (QED) is 0.889. The third-order valence-corrected chi connectivity index (χ3v) is 2.97. The van der Waals surface area contributed by atoms with Gasteiger partial charge in [0, 0.05) is 11.9 Å². The molecule has 0 fully saturated rings. The molecule has 1 aromatic heterocycles. The summed E-state index contributed by atoms with van der Waals surface area (Å²) in [6.07, 6.45) is -4.93. The van der Waals surface area contributed by atoms with E-state index in [0.29, 0.717) is 5.39 Å². The van der Waals surface area contributed by atoms with Crippen molar-refractivity contribution in [3.05, 3.63) is 35.0 Å². The molecule has 0 saturated carbocycles. The number of fused-ring (bicyclic) bond motifs is 1. The molecule has 0 radical (unpaired) electrons. The molecule has 3 nitrogen and oxygen atoms in total. The molecule has 0 aliphatic carbocycles. The molecule has 0 aliphatic rings. The Balaban J connectivity index is 2.64. The lowest BCUT2D eigenvalue weighted by molar-refractivity contribution is -0.267. The van der Waals surface area contributed by atoms with Crippen LogP contribution in [0.15, 0.2) is 28.7 Å². The highest BCUT2D eigenvalue weighted by Crippen LogP contribution is 2.41. The second-order valence-corrected chi connectivity index (χ2v) is 4.24. The first-order valence-electron chi connectivity index (χ1n) is 4.97. The van der Waals surface area contributed by atoms with E-state index < -0.39 is 24.1 Å². The monoisotopic (exact) mass is 279 g/mol. The predicted molar refractivity (Wildman–Crippen MR) is 60.2 cm³/mol. The summed E-state index contributed by atoms with van der Waals surface area (Å²) >= 11 is 5.79. The van der Waals surface area contributed by atoms with E-state index >= 15 is 0 Å². The van der Waals surface area contributed by atoms with E-state index in [0.717, 1.165) is 6.07 Å². The average Bonchev–Trinajstić information content (AvgIpc) is 2.72. The van der Waals surface area contributed by atoms with Crippen LogP contribution in [0.25, 0.3) is 11.0 Å². The largest absolute Gasteiger partial charge is 0.456 e. The number of halogens is 4. The van der Waals surface area contributed by atoms with Crippen molar-refractivity contribution < 1.29 is 22.7 Å². The van der Waals surface area contributed by atoms with Crippen LogP contribution in [0.1, 0.15) is 5.76 Å². The van der Waals surface area contributed by atoms with Crippen LogP contribution in [-0.4, -0.2) is 17.8 Å². The van der Waals surface area contributed by atoms with Crippen molar-refractivity contribution in [2.75, 3.05) is 6.54 Å². The molecular formula is C11H9ClF3NO2. The molecule has 0 amide bonds. The molecule has 1 atom stereocenters. The third kappa shape index (κ3) is 1.86. The minimum Gasteiger partial charge on any atom is -0.456 e. The van der Waals surface area contributed by atoms with Gasteiger partial charge >= 0.3 is 6.18 Å². The number of rotatable bonds is 2. The van der Waals surface area contributed by atoms with Crippen LogP contribution < -0.4 is 5.73 Å². The van der Waals surface area contributed by atoms with Gasteiger partial charge < -0.3 is 15.3 Å². The summed E-state index contributed by atoms with van der Waals surface area (Å²) in [6, 6.07) is 5.66. The maximum atomic E-state index is 12.8. The second kappa shape index (κ2) is 4.15. The van der Waals surface area contributed by atoms with Gasteiger partial charge in [0.1, 0.15) is 5.76 Å². The highest BCUT2D eigenvalue weighted by Gasteiger charge is 2.56. The molecule has 98 valence electrons. The van der Waals surface area contributed by atoms with Crippen LogP contribution in [0.2, 0.25) is 5.02 Å². The third-order valence-electron chi connectivity index (χ3n) is 2.67. The van der Waals surface area contributed by atoms with Gasteiger partial charge in [0.25, 0.3) is 0 Å². The summed E-state index contributed by atoms with van der Waals surface area (Å²) in [7, 11) is 0. The molecule has 2 rings (SSSR count). The molecule has 0 bridgehead atoms. The minimum atomic E-state index is -4.93. The van der Waals surface area contributed by atoms with Gasteiger partial charge in [-0.3, -0.25) is 0 Å². The zero-order valence-electron chi connectivity index (χ0n) is 8.96. The van der Waals surface area contributed by atoms with Crippen molar-refractivity contribution in [3.63, 3.8) is 0 Å². The van der Waals surface area contributed by atoms with Crippen molar-refractivity contribution in [1.29, 1.82) is 0 Å². The van der Waals surface area contributed by atoms with E-state index in [1.54, 1.807) is 6.07 Å². The number of aliphatic hydroxyl groups is 1. The molecule has 1 aromatic carbocycles. The van der Waals surface area contributed by atoms with Crippen LogP contribution in [0.4, 0.5) is 13.2 Å². The first kappa shape index (κ1) is 13.2. The fourth-order valence-electron chi connectivity index (χ4n) is 1.59. The number of hydrogen-bond donors (Lipinski definition) is 2. The summed E-state index contributed by atoms with van der Waals surface area (Å²) in [5, 5.41) is 10.2. The van der Waals surface area contributed by atoms with Gasteiger partial charge in [0.05, 0.1) is 5.02 Å². The van der Waals surface area contributed by atoms with E-state index in [9.17, 15) is 18.3 Å². The second-order valence-electron chi connectivity index (χ2n) is 3.83. The number of benzene rings is 1. The SMILES string of the molecule is NCC(O)(c1cc2cccc(Cl)c2o1)C(F)(F)F. The Morgan fingerprint density at radius 2 is 2.00 bits per heavy atom. The van der Waals surface area contributed by atoms with Crippen molar-refractivity contribution in [2.24, 2.45) is 5.73 Å². The Bertz CT molecular complexity index is 581. The lowest BCUT2D eigenvalue weighted by Gasteiger charge is -2.26. The van der Waals surface area contributed by atoms with Crippen molar-refractivity contribution in [2.45, 2.75) is 11.8 Å². The number of hydrogen-bond acceptors (Lipinski definition) is 3. The van der Waals surface area contributed by atoms with Gasteiger partial charge in [-0.05, 0) is 12.1 Å². The zero-order valence-corrected chi connectivity index (χ0v) is 9.72. The summed E-state index contributed by atoms with van der Waals surface area (Å²) in [5.74, 6) is -0.666. The lowest BCUT2D eigenvalue weighted by atomic mass is 10.0. The Morgan fingerprint density at radius 3 is 2.50 bits per heavy atom. The fraction of sp³-hybridized carbons (Fsp3) is 0.273. The Morgan fingerprint density at radius 1 is 1.33 bits per heavy atom. The molecule has 7 heteroatoms. The van der Waals surface area contributed by atoms with E-state index in [-0.39, 0.29) is 10.6 Å². The maximum Gasteiger partial charge on any atom is 0.425 e. The normalized spacial score (nSPS) is 15.9. The molecule has 18 heavy (non-hydrogen) atoms. The summed E-state index contributed by atoms with van der Waals surface area (Å²) in [4.78, 5) is 0. The molecule has 1 unspecified atom stereocenters. The molecular weight excluding hydrogens is 271 g/mol. The number of nitrogens with two attached hydrogens (primary N) is 1. The predicted octanol–water partition coefficient (Wildman–Crippen LogP) is 2.79. The molecule has 3 N–H and O–H groups in total. The van der Waals surface area contributed by atoms with Crippen LogP contribution >= 0.6 is 11.6 Å². The van der Waals surface area contributed by atoms with Gasteiger partial charge in [-0.25, -0.2) is 0 Å². The smallest absolute Gasteiger partial charge is 0.425 e. The van der Waals surface area contributed by atoms with Gasteiger partial charge in [0.15, 0.2) is 5.58 Å². The van der Waals surface area contributed by atoms with Crippen molar-refractivity contribution in [1.82, 2.24) is 0 Å². The standard InChI is InChI=1S/C11H9ClF3NO2/c12-7-3-1-2-6-4-8(18-9(6)7)10(17,5-16)11(13,14)15/h1-4,17H,5,16H2. The number of furan rings is 1. The Hall–Kier alpha value is -1.24. The van der Waals surface area contributed by atoms with Gasteiger partial charge in [0.2, 0.25) is 5.60 Å². The van der Waals surface area contributed by atoms with Crippen molar-refractivity contribution >= 4 is 22.6 Å². The van der Waals surface area contributed by atoms with E-state index in [1.165, 1.54) is 12.1 Å². The van der Waals surface area contributed by atoms with Crippen molar-refractivity contribution in [3.8, 4) is 0 Å². The minimum absolute atomic E-state index is 0.0882. The van der Waals surface area contributed by atoms with Crippen LogP contribution in [0, 0.1) is 0 Å². The zero-order chi connectivity index (χ0) is 13.6. The van der Waals surface area contributed by atoms with Gasteiger partial charge in [-0.2, -0.15) is 13.2 Å². The summed E-state index contributed by atoms with van der Waals surface area (Å²) in [6.45, 7) is -1.03. The lowest BCUT2D eigenvalue weighted by Crippen LogP contribution is -2.48.